The molecule has 3 aliphatic rings. The molecule has 5 rings (SSSR count). The van der Waals surface area contributed by atoms with Crippen LogP contribution >= 0.6 is 11.6 Å². The molecular weight excluding hydrogens is 456 g/mol. The van der Waals surface area contributed by atoms with Gasteiger partial charge in [0.1, 0.15) is 0 Å². The Morgan fingerprint density at radius 1 is 0.743 bits per heavy atom. The fourth-order valence-corrected chi connectivity index (χ4v) is 6.47. The molecule has 184 valence electrons. The van der Waals surface area contributed by atoms with Gasteiger partial charge in [-0.15, -0.1) is 0 Å². The van der Waals surface area contributed by atoms with Gasteiger partial charge in [0, 0.05) is 21.7 Å². The van der Waals surface area contributed by atoms with Crippen LogP contribution in [0.25, 0.3) is 0 Å². The van der Waals surface area contributed by atoms with Crippen LogP contribution in [0.5, 0.6) is 0 Å². The third kappa shape index (κ3) is 5.11. The van der Waals surface area contributed by atoms with Crippen LogP contribution in [-0.2, 0) is 4.74 Å². The SMILES string of the molecule is CCC1CCC(COC2=C(C3CCC(c4ccc(Cl)cc4)CC3)C(=O)c3ccccc3C2=O)CC1. The second-order valence-electron chi connectivity index (χ2n) is 10.7. The second-order valence-corrected chi connectivity index (χ2v) is 11.1. The van der Waals surface area contributed by atoms with Crippen LogP contribution < -0.4 is 0 Å². The van der Waals surface area contributed by atoms with E-state index in [1.807, 2.05) is 24.3 Å². The molecule has 0 N–H and O–H groups in total. The molecule has 0 bridgehead atoms. The Kier molecular flexibility index (Phi) is 7.43. The maximum Gasteiger partial charge on any atom is 0.228 e. The standard InChI is InChI=1S/C31H35ClO3/c1-2-20-7-9-21(10-8-20)19-35-31-28(29(33)26-5-3-4-6-27(26)30(31)34)24-13-11-22(12-14-24)23-15-17-25(32)18-16-23/h3-6,15-18,20-22,24H,2,7-14,19H2,1H3. The van der Waals surface area contributed by atoms with Gasteiger partial charge in [-0.1, -0.05) is 74.2 Å². The summed E-state index contributed by atoms with van der Waals surface area (Å²) >= 11 is 6.07. The average Bonchev–Trinajstić information content (AvgIpc) is 2.91. The summed E-state index contributed by atoms with van der Waals surface area (Å²) in [6.45, 7) is 2.81. The highest BCUT2D eigenvalue weighted by atomic mass is 35.5. The van der Waals surface area contributed by atoms with E-state index in [0.29, 0.717) is 40.9 Å². The summed E-state index contributed by atoms with van der Waals surface area (Å²) in [5.41, 5.74) is 2.95. The first-order valence-electron chi connectivity index (χ1n) is 13.4. The molecule has 2 fully saturated rings. The number of carbonyl (C=O) groups is 2. The van der Waals surface area contributed by atoms with Crippen molar-refractivity contribution in [3.05, 3.63) is 81.6 Å². The monoisotopic (exact) mass is 490 g/mol. The zero-order chi connectivity index (χ0) is 24.4. The number of Topliss-reactive ketones (excluding diaryl/α,β-unsaturated/α-hetero) is 2. The first-order valence-corrected chi connectivity index (χ1v) is 13.7. The van der Waals surface area contributed by atoms with Gasteiger partial charge in [-0.05, 0) is 79.9 Å². The average molecular weight is 491 g/mol. The number of carbonyl (C=O) groups excluding carboxylic acids is 2. The zero-order valence-corrected chi connectivity index (χ0v) is 21.4. The number of halogens is 1. The minimum atomic E-state index is -0.114. The first kappa shape index (κ1) is 24.3. The van der Waals surface area contributed by atoms with Crippen LogP contribution in [0.4, 0.5) is 0 Å². The molecule has 35 heavy (non-hydrogen) atoms. The number of allylic oxidation sites excluding steroid dienone is 2. The van der Waals surface area contributed by atoms with Gasteiger partial charge in [0.2, 0.25) is 5.78 Å². The molecule has 3 nitrogen and oxygen atoms in total. The number of rotatable bonds is 6. The highest BCUT2D eigenvalue weighted by Gasteiger charge is 2.39. The van der Waals surface area contributed by atoms with Crippen LogP contribution in [-0.4, -0.2) is 18.2 Å². The molecule has 0 atom stereocenters. The Morgan fingerprint density at radius 3 is 1.94 bits per heavy atom. The van der Waals surface area contributed by atoms with Gasteiger partial charge in [-0.25, -0.2) is 0 Å². The Hall–Kier alpha value is -2.39. The van der Waals surface area contributed by atoms with Gasteiger partial charge >= 0.3 is 0 Å². The van der Waals surface area contributed by atoms with E-state index >= 15 is 0 Å². The normalized spacial score (nSPS) is 27.0. The lowest BCUT2D eigenvalue weighted by Gasteiger charge is -2.33. The minimum absolute atomic E-state index is 0.0140. The molecule has 2 aromatic carbocycles. The van der Waals surface area contributed by atoms with Gasteiger partial charge in [0.15, 0.2) is 11.5 Å². The molecule has 2 saturated carbocycles. The number of hydrogen-bond acceptors (Lipinski definition) is 3. The molecule has 0 spiro atoms. The molecule has 0 radical (unpaired) electrons. The van der Waals surface area contributed by atoms with Crippen molar-refractivity contribution < 1.29 is 14.3 Å². The van der Waals surface area contributed by atoms with E-state index in [2.05, 4.69) is 19.1 Å². The van der Waals surface area contributed by atoms with Gasteiger partial charge in [0.05, 0.1) is 6.61 Å². The Morgan fingerprint density at radius 2 is 1.31 bits per heavy atom. The molecule has 0 saturated heterocycles. The molecule has 3 aliphatic carbocycles. The summed E-state index contributed by atoms with van der Waals surface area (Å²) < 4.78 is 6.32. The summed E-state index contributed by atoms with van der Waals surface area (Å²) in [5.74, 6) is 2.02. The largest absolute Gasteiger partial charge is 0.489 e. The Balaban J connectivity index is 1.36. The van der Waals surface area contributed by atoms with Crippen molar-refractivity contribution in [2.45, 2.75) is 70.6 Å². The minimum Gasteiger partial charge on any atom is -0.489 e. The molecule has 2 aromatic rings. The van der Waals surface area contributed by atoms with Crippen molar-refractivity contribution in [1.29, 1.82) is 0 Å². The summed E-state index contributed by atoms with van der Waals surface area (Å²) in [6, 6.07) is 15.3. The zero-order valence-electron chi connectivity index (χ0n) is 20.6. The van der Waals surface area contributed by atoms with Crippen molar-refractivity contribution in [1.82, 2.24) is 0 Å². The van der Waals surface area contributed by atoms with E-state index in [1.165, 1.54) is 24.8 Å². The van der Waals surface area contributed by atoms with Gasteiger partial charge < -0.3 is 4.74 Å². The molecule has 0 aliphatic heterocycles. The number of hydrogen-bond donors (Lipinski definition) is 0. The maximum atomic E-state index is 13.7. The first-order chi connectivity index (χ1) is 17.0. The second kappa shape index (κ2) is 10.7. The van der Waals surface area contributed by atoms with Gasteiger partial charge in [-0.3, -0.25) is 9.59 Å². The lowest BCUT2D eigenvalue weighted by atomic mass is 9.72. The van der Waals surface area contributed by atoms with Crippen molar-refractivity contribution in [3.8, 4) is 0 Å². The lowest BCUT2D eigenvalue weighted by Crippen LogP contribution is -2.30. The predicted octanol–water partition coefficient (Wildman–Crippen LogP) is 8.18. The van der Waals surface area contributed by atoms with E-state index in [9.17, 15) is 9.59 Å². The van der Waals surface area contributed by atoms with Crippen LogP contribution in [0.2, 0.25) is 5.02 Å². The predicted molar refractivity (Wildman–Crippen MR) is 140 cm³/mol. The van der Waals surface area contributed by atoms with Crippen molar-refractivity contribution in [2.24, 2.45) is 17.8 Å². The van der Waals surface area contributed by atoms with E-state index in [-0.39, 0.29) is 17.5 Å². The van der Waals surface area contributed by atoms with Crippen LogP contribution in [0.15, 0.2) is 59.9 Å². The fraction of sp³-hybridized carbons (Fsp3) is 0.484. The number of fused-ring (bicyclic) bond motifs is 1. The summed E-state index contributed by atoms with van der Waals surface area (Å²) in [6.07, 6.45) is 9.77. The fourth-order valence-electron chi connectivity index (χ4n) is 6.34. The van der Waals surface area contributed by atoms with Crippen LogP contribution in [0.1, 0.15) is 96.9 Å². The van der Waals surface area contributed by atoms with E-state index in [4.69, 9.17) is 16.3 Å². The molecule has 0 heterocycles. The smallest absolute Gasteiger partial charge is 0.228 e. The third-order valence-electron chi connectivity index (χ3n) is 8.60. The van der Waals surface area contributed by atoms with Crippen molar-refractivity contribution >= 4 is 23.2 Å². The number of ketones is 2. The van der Waals surface area contributed by atoms with Gasteiger partial charge in [0.25, 0.3) is 0 Å². The Labute approximate surface area is 213 Å². The third-order valence-corrected chi connectivity index (χ3v) is 8.85. The molecule has 0 amide bonds. The van der Waals surface area contributed by atoms with E-state index in [1.54, 1.807) is 12.1 Å². The summed E-state index contributed by atoms with van der Waals surface area (Å²) in [5, 5.41) is 0.752. The molecule has 0 aromatic heterocycles. The van der Waals surface area contributed by atoms with Crippen molar-refractivity contribution in [2.75, 3.05) is 6.61 Å². The number of ether oxygens (including phenoxy) is 1. The molecular formula is C31H35ClO3. The van der Waals surface area contributed by atoms with Crippen molar-refractivity contribution in [3.63, 3.8) is 0 Å². The van der Waals surface area contributed by atoms with Crippen LogP contribution in [0, 0.1) is 17.8 Å². The van der Waals surface area contributed by atoms with Crippen LogP contribution in [0.3, 0.4) is 0 Å². The quantitative estimate of drug-likeness (QED) is 0.410. The summed E-state index contributed by atoms with van der Waals surface area (Å²) in [4.78, 5) is 27.2. The maximum absolute atomic E-state index is 13.7. The summed E-state index contributed by atoms with van der Waals surface area (Å²) in [7, 11) is 0. The van der Waals surface area contributed by atoms with E-state index < -0.39 is 0 Å². The number of benzene rings is 2. The highest BCUT2D eigenvalue weighted by Crippen LogP contribution is 2.43. The van der Waals surface area contributed by atoms with E-state index in [0.717, 1.165) is 49.5 Å². The Bertz CT molecular complexity index is 1100. The van der Waals surface area contributed by atoms with Gasteiger partial charge in [-0.2, -0.15) is 0 Å². The molecule has 0 unspecified atom stereocenters. The highest BCUT2D eigenvalue weighted by molar-refractivity contribution is 6.30. The topological polar surface area (TPSA) is 43.4 Å². The lowest BCUT2D eigenvalue weighted by molar-refractivity contribution is 0.0776. The molecule has 4 heteroatoms.